The second-order valence-electron chi connectivity index (χ2n) is 4.67. The van der Waals surface area contributed by atoms with Crippen LogP contribution in [0.25, 0.3) is 0 Å². The molecule has 0 aliphatic carbocycles. The first-order valence-corrected chi connectivity index (χ1v) is 7.93. The average Bonchev–Trinajstić information content (AvgIpc) is 2.61. The maximum atomic E-state index is 10.6. The number of thioether (sulfide) groups is 1. The molecule has 2 rings (SSSR count). The average molecular weight is 344 g/mol. The number of hydrogen-bond acceptors (Lipinski definition) is 6. The first-order chi connectivity index (χ1) is 11.6. The van der Waals surface area contributed by atoms with Crippen molar-refractivity contribution in [1.29, 1.82) is 0 Å². The van der Waals surface area contributed by atoms with Crippen LogP contribution in [0.4, 0.5) is 5.69 Å². The van der Waals surface area contributed by atoms with Crippen molar-refractivity contribution in [3.05, 3.63) is 69.8 Å². The van der Waals surface area contributed by atoms with Crippen molar-refractivity contribution in [2.24, 2.45) is 15.9 Å². The number of nitrogens with zero attached hydrogens (tertiary/aromatic N) is 3. The van der Waals surface area contributed by atoms with Crippen LogP contribution < -0.4 is 10.5 Å². The van der Waals surface area contributed by atoms with Gasteiger partial charge in [-0.05, 0) is 35.4 Å². The summed E-state index contributed by atoms with van der Waals surface area (Å²) in [6.07, 6.45) is 1.49. The van der Waals surface area contributed by atoms with E-state index in [9.17, 15) is 10.1 Å². The fourth-order valence-electron chi connectivity index (χ4n) is 1.74. The second-order valence-corrected chi connectivity index (χ2v) is 5.66. The molecule has 0 spiro atoms. The van der Waals surface area contributed by atoms with E-state index >= 15 is 0 Å². The topological polar surface area (TPSA) is 103 Å². The smallest absolute Gasteiger partial charge is 0.269 e. The van der Waals surface area contributed by atoms with Gasteiger partial charge in [-0.15, -0.1) is 5.10 Å². The van der Waals surface area contributed by atoms with Gasteiger partial charge >= 0.3 is 0 Å². The molecule has 2 aromatic rings. The number of nitro benzene ring substituents is 1. The van der Waals surface area contributed by atoms with Gasteiger partial charge in [-0.3, -0.25) is 10.1 Å². The zero-order valence-corrected chi connectivity index (χ0v) is 13.8. The number of methoxy groups -OCH3 is 1. The fraction of sp³-hybridized carbons (Fsp3) is 0.125. The number of nitrogens with two attached hydrogens (primary N) is 1. The van der Waals surface area contributed by atoms with Crippen LogP contribution in [0.5, 0.6) is 5.75 Å². The molecule has 0 amide bonds. The van der Waals surface area contributed by atoms with Gasteiger partial charge in [0.15, 0.2) is 5.17 Å². The van der Waals surface area contributed by atoms with Crippen molar-refractivity contribution >= 4 is 28.8 Å². The predicted molar refractivity (Wildman–Crippen MR) is 96.6 cm³/mol. The lowest BCUT2D eigenvalue weighted by Crippen LogP contribution is -2.06. The Morgan fingerprint density at radius 1 is 1.25 bits per heavy atom. The van der Waals surface area contributed by atoms with Crippen molar-refractivity contribution in [3.63, 3.8) is 0 Å². The second kappa shape index (κ2) is 8.68. The third-order valence-electron chi connectivity index (χ3n) is 3.01. The van der Waals surface area contributed by atoms with Crippen molar-refractivity contribution in [2.45, 2.75) is 5.75 Å². The highest BCUT2D eigenvalue weighted by molar-refractivity contribution is 8.13. The van der Waals surface area contributed by atoms with Crippen LogP contribution >= 0.6 is 11.8 Å². The lowest BCUT2D eigenvalue weighted by atomic mass is 10.2. The van der Waals surface area contributed by atoms with E-state index in [0.29, 0.717) is 16.5 Å². The maximum absolute atomic E-state index is 10.6. The van der Waals surface area contributed by atoms with Gasteiger partial charge in [-0.25, -0.2) is 0 Å². The van der Waals surface area contributed by atoms with E-state index in [2.05, 4.69) is 10.2 Å². The number of non-ortho nitro benzene ring substituents is 1. The molecule has 0 aliphatic rings. The number of hydrogen-bond donors (Lipinski definition) is 1. The van der Waals surface area contributed by atoms with Crippen LogP contribution in [-0.2, 0) is 5.75 Å². The Kier molecular flexibility index (Phi) is 6.32. The lowest BCUT2D eigenvalue weighted by Gasteiger charge is -2.02. The first kappa shape index (κ1) is 17.5. The minimum Gasteiger partial charge on any atom is -0.497 e. The van der Waals surface area contributed by atoms with Crippen LogP contribution in [0.3, 0.4) is 0 Å². The Bertz CT molecular complexity index is 743. The van der Waals surface area contributed by atoms with E-state index < -0.39 is 4.92 Å². The van der Waals surface area contributed by atoms with Crippen LogP contribution in [0.15, 0.2) is 58.7 Å². The molecule has 124 valence electrons. The van der Waals surface area contributed by atoms with Crippen LogP contribution in [0, 0.1) is 10.1 Å². The molecule has 0 atom stereocenters. The van der Waals surface area contributed by atoms with Crippen LogP contribution in [-0.4, -0.2) is 23.4 Å². The molecule has 2 N–H and O–H groups in total. The molecule has 0 saturated carbocycles. The summed E-state index contributed by atoms with van der Waals surface area (Å²) >= 11 is 1.37. The Morgan fingerprint density at radius 2 is 1.92 bits per heavy atom. The van der Waals surface area contributed by atoms with E-state index in [1.165, 1.54) is 30.1 Å². The summed E-state index contributed by atoms with van der Waals surface area (Å²) in [6, 6.07) is 13.7. The van der Waals surface area contributed by atoms with E-state index in [0.717, 1.165) is 11.3 Å². The monoisotopic (exact) mass is 344 g/mol. The molecule has 0 saturated heterocycles. The van der Waals surface area contributed by atoms with Gasteiger partial charge in [0, 0.05) is 17.9 Å². The summed E-state index contributed by atoms with van der Waals surface area (Å²) < 4.78 is 5.10. The van der Waals surface area contributed by atoms with Gasteiger partial charge < -0.3 is 10.5 Å². The molecule has 8 heteroatoms. The molecule has 0 radical (unpaired) electrons. The molecular weight excluding hydrogens is 328 g/mol. The third kappa shape index (κ3) is 5.40. The summed E-state index contributed by atoms with van der Waals surface area (Å²) in [7, 11) is 1.62. The van der Waals surface area contributed by atoms with Gasteiger partial charge in [0.1, 0.15) is 5.75 Å². The summed E-state index contributed by atoms with van der Waals surface area (Å²) in [4.78, 5) is 10.1. The molecule has 24 heavy (non-hydrogen) atoms. The Hall–Kier alpha value is -2.87. The molecular formula is C16H16N4O3S. The maximum Gasteiger partial charge on any atom is 0.269 e. The quantitative estimate of drug-likeness (QED) is 0.375. The highest BCUT2D eigenvalue weighted by atomic mass is 32.2. The summed E-state index contributed by atoms with van der Waals surface area (Å²) in [5, 5.41) is 18.7. The standard InChI is InChI=1S/C16H16N4O3S/c1-23-15-8-4-13(5-9-15)11-24-16(17)19-18-10-12-2-6-14(7-3-12)20(21)22/h2-10H,11H2,1H3,(H2,17,19)/b18-10+. The number of ether oxygens (including phenoxy) is 1. The molecule has 0 aliphatic heterocycles. The largest absolute Gasteiger partial charge is 0.497 e. The summed E-state index contributed by atoms with van der Waals surface area (Å²) in [5.41, 5.74) is 7.62. The minimum atomic E-state index is -0.452. The Labute approximate surface area is 143 Å². The highest BCUT2D eigenvalue weighted by Crippen LogP contribution is 2.16. The summed E-state index contributed by atoms with van der Waals surface area (Å²) in [6.45, 7) is 0. The number of rotatable bonds is 6. The van der Waals surface area contributed by atoms with Gasteiger partial charge in [-0.1, -0.05) is 23.9 Å². The molecule has 7 nitrogen and oxygen atoms in total. The molecule has 0 heterocycles. The summed E-state index contributed by atoms with van der Waals surface area (Å²) in [5.74, 6) is 1.48. The van der Waals surface area contributed by atoms with Crippen LogP contribution in [0.2, 0.25) is 0 Å². The Balaban J connectivity index is 1.87. The van der Waals surface area contributed by atoms with Gasteiger partial charge in [0.05, 0.1) is 18.2 Å². The van der Waals surface area contributed by atoms with Gasteiger partial charge in [0.2, 0.25) is 0 Å². The zero-order valence-electron chi connectivity index (χ0n) is 13.0. The molecule has 0 aromatic heterocycles. The van der Waals surface area contributed by atoms with E-state index in [1.54, 1.807) is 19.2 Å². The van der Waals surface area contributed by atoms with Crippen molar-refractivity contribution < 1.29 is 9.66 Å². The predicted octanol–water partition coefficient (Wildman–Crippen LogP) is 3.19. The van der Waals surface area contributed by atoms with Crippen molar-refractivity contribution in [1.82, 2.24) is 0 Å². The van der Waals surface area contributed by atoms with E-state index in [4.69, 9.17) is 10.5 Å². The van der Waals surface area contributed by atoms with E-state index in [-0.39, 0.29) is 5.69 Å². The third-order valence-corrected chi connectivity index (χ3v) is 3.87. The SMILES string of the molecule is COc1ccc(CS/C(N)=N/N=C/c2ccc([N+](=O)[O-])cc2)cc1. The number of nitro groups is 1. The molecule has 0 fully saturated rings. The lowest BCUT2D eigenvalue weighted by molar-refractivity contribution is -0.384. The van der Waals surface area contributed by atoms with Crippen molar-refractivity contribution in [3.8, 4) is 5.75 Å². The number of benzene rings is 2. The molecule has 0 unspecified atom stereocenters. The van der Waals surface area contributed by atoms with Crippen LogP contribution in [0.1, 0.15) is 11.1 Å². The first-order valence-electron chi connectivity index (χ1n) is 6.95. The van der Waals surface area contributed by atoms with Gasteiger partial charge in [-0.2, -0.15) is 5.10 Å². The zero-order chi connectivity index (χ0) is 17.4. The Morgan fingerprint density at radius 3 is 2.50 bits per heavy atom. The molecule has 0 bridgehead atoms. The normalized spacial score (nSPS) is 11.6. The minimum absolute atomic E-state index is 0.0326. The fourth-order valence-corrected chi connectivity index (χ4v) is 2.35. The van der Waals surface area contributed by atoms with Gasteiger partial charge in [0.25, 0.3) is 5.69 Å². The number of amidine groups is 1. The van der Waals surface area contributed by atoms with Crippen molar-refractivity contribution in [2.75, 3.05) is 7.11 Å². The highest BCUT2D eigenvalue weighted by Gasteiger charge is 2.02. The molecule has 2 aromatic carbocycles. The van der Waals surface area contributed by atoms with E-state index in [1.807, 2.05) is 24.3 Å².